The van der Waals surface area contributed by atoms with E-state index in [2.05, 4.69) is 31.4 Å². The van der Waals surface area contributed by atoms with Crippen LogP contribution in [-0.2, 0) is 11.3 Å². The molecule has 0 aliphatic carbocycles. The molecule has 1 amide bonds. The highest BCUT2D eigenvalue weighted by Gasteiger charge is 2.16. The van der Waals surface area contributed by atoms with Crippen molar-refractivity contribution in [1.29, 1.82) is 0 Å². The Bertz CT molecular complexity index is 976. The molecular formula is C20H21BrN4OS. The zero-order valence-electron chi connectivity index (χ0n) is 15.2. The van der Waals surface area contributed by atoms with Gasteiger partial charge in [0, 0.05) is 10.0 Å². The molecule has 0 saturated carbocycles. The van der Waals surface area contributed by atoms with Crippen LogP contribution in [0.5, 0.6) is 0 Å². The molecule has 27 heavy (non-hydrogen) atoms. The van der Waals surface area contributed by atoms with Gasteiger partial charge in [-0.05, 0) is 43.3 Å². The topological polar surface area (TPSA) is 62.7 Å². The van der Waals surface area contributed by atoms with Gasteiger partial charge in [0.05, 0.1) is 6.04 Å². The molecular weight excluding hydrogens is 424 g/mol. The Kier molecular flexibility index (Phi) is 6.23. The molecule has 2 N–H and O–H groups in total. The Morgan fingerprint density at radius 1 is 1.22 bits per heavy atom. The van der Waals surface area contributed by atoms with E-state index in [4.69, 9.17) is 12.2 Å². The lowest BCUT2D eigenvalue weighted by atomic mass is 10.0. The number of benzene rings is 2. The molecule has 0 bridgehead atoms. The number of nitrogens with zero attached hydrogens (tertiary/aromatic N) is 2. The summed E-state index contributed by atoms with van der Waals surface area (Å²) in [4.78, 5) is 12.7. The van der Waals surface area contributed by atoms with E-state index in [-0.39, 0.29) is 18.5 Å². The normalized spacial score (nSPS) is 12.0. The molecule has 5 nitrogen and oxygen atoms in total. The predicted molar refractivity (Wildman–Crippen MR) is 113 cm³/mol. The van der Waals surface area contributed by atoms with E-state index in [1.54, 1.807) is 4.57 Å². The lowest BCUT2D eigenvalue weighted by Gasteiger charge is -2.18. The Morgan fingerprint density at radius 2 is 1.89 bits per heavy atom. The Hall–Kier alpha value is -2.25. The van der Waals surface area contributed by atoms with E-state index in [1.165, 1.54) is 0 Å². The molecule has 1 aromatic heterocycles. The predicted octanol–water partition coefficient (Wildman–Crippen LogP) is 4.95. The molecule has 1 atom stereocenters. The minimum atomic E-state index is -0.101. The van der Waals surface area contributed by atoms with E-state index < -0.39 is 0 Å². The minimum absolute atomic E-state index is 0.0468. The molecule has 7 heteroatoms. The highest BCUT2D eigenvalue weighted by molar-refractivity contribution is 9.10. The van der Waals surface area contributed by atoms with Crippen molar-refractivity contribution in [1.82, 2.24) is 20.1 Å². The summed E-state index contributed by atoms with van der Waals surface area (Å²) >= 11 is 8.76. The number of rotatable bonds is 6. The summed E-state index contributed by atoms with van der Waals surface area (Å²) in [6, 6.07) is 15.9. The van der Waals surface area contributed by atoms with Crippen molar-refractivity contribution in [3.05, 3.63) is 68.9 Å². The number of aryl methyl sites for hydroxylation is 1. The minimum Gasteiger partial charge on any atom is -0.348 e. The molecule has 0 radical (unpaired) electrons. The molecule has 140 valence electrons. The molecule has 3 rings (SSSR count). The largest absolute Gasteiger partial charge is 0.348 e. The van der Waals surface area contributed by atoms with Crippen molar-refractivity contribution in [3.8, 4) is 11.4 Å². The quantitative estimate of drug-likeness (QED) is 0.528. The number of hydrogen-bond donors (Lipinski definition) is 2. The van der Waals surface area contributed by atoms with E-state index in [0.717, 1.165) is 27.6 Å². The molecule has 0 spiro atoms. The summed E-state index contributed by atoms with van der Waals surface area (Å²) in [6.45, 7) is 4.20. The van der Waals surface area contributed by atoms with Gasteiger partial charge in [-0.2, -0.15) is 5.10 Å². The van der Waals surface area contributed by atoms with Crippen molar-refractivity contribution in [3.63, 3.8) is 0 Å². The molecule has 0 fully saturated rings. The summed E-state index contributed by atoms with van der Waals surface area (Å²) < 4.78 is 3.17. The zero-order chi connectivity index (χ0) is 19.4. The van der Waals surface area contributed by atoms with Gasteiger partial charge < -0.3 is 5.32 Å². The van der Waals surface area contributed by atoms with E-state index in [9.17, 15) is 4.79 Å². The first-order chi connectivity index (χ1) is 13.0. The van der Waals surface area contributed by atoms with Crippen molar-refractivity contribution in [2.75, 3.05) is 0 Å². The number of aromatic nitrogens is 3. The lowest BCUT2D eigenvalue weighted by molar-refractivity contribution is -0.122. The first-order valence-electron chi connectivity index (χ1n) is 8.75. The first kappa shape index (κ1) is 19.5. The fraction of sp³-hybridized carbons (Fsp3) is 0.250. The van der Waals surface area contributed by atoms with Crippen LogP contribution in [0.3, 0.4) is 0 Å². The third-order valence-corrected chi connectivity index (χ3v) is 5.23. The van der Waals surface area contributed by atoms with Crippen LogP contribution < -0.4 is 5.32 Å². The van der Waals surface area contributed by atoms with Gasteiger partial charge in [-0.25, -0.2) is 0 Å². The third kappa shape index (κ3) is 4.73. The fourth-order valence-corrected chi connectivity index (χ4v) is 3.35. The number of carbonyl (C=O) groups is 1. The maximum Gasteiger partial charge on any atom is 0.240 e. The summed E-state index contributed by atoms with van der Waals surface area (Å²) in [7, 11) is 0. The van der Waals surface area contributed by atoms with Gasteiger partial charge >= 0.3 is 0 Å². The smallest absolute Gasteiger partial charge is 0.240 e. The monoisotopic (exact) mass is 444 g/mol. The maximum atomic E-state index is 12.7. The second kappa shape index (κ2) is 8.63. The Labute approximate surface area is 171 Å². The average Bonchev–Trinajstić information content (AvgIpc) is 3.02. The molecule has 3 aromatic rings. The zero-order valence-corrected chi connectivity index (χ0v) is 17.6. The Balaban J connectivity index is 1.78. The Morgan fingerprint density at radius 3 is 2.52 bits per heavy atom. The van der Waals surface area contributed by atoms with E-state index in [1.807, 2.05) is 62.4 Å². The lowest BCUT2D eigenvalue weighted by Crippen LogP contribution is -2.31. The standard InChI is InChI=1S/C20H21BrN4OS/c1-3-17(14-8-10-16(21)11-9-14)22-18(26)12-25-19(23-24-20(25)27)15-6-4-13(2)5-7-15/h4-11,17H,3,12H2,1-2H3,(H,22,26)(H,24,27)/t17-/m0/s1. The van der Waals surface area contributed by atoms with Crippen LogP contribution in [0.25, 0.3) is 11.4 Å². The van der Waals surface area contributed by atoms with Crippen LogP contribution in [0.4, 0.5) is 0 Å². The van der Waals surface area contributed by atoms with Gasteiger partial charge in [0.1, 0.15) is 6.54 Å². The van der Waals surface area contributed by atoms with Gasteiger partial charge in [-0.15, -0.1) is 0 Å². The number of halogens is 1. The van der Waals surface area contributed by atoms with Crippen molar-refractivity contribution in [2.45, 2.75) is 32.9 Å². The van der Waals surface area contributed by atoms with Crippen molar-refractivity contribution >= 4 is 34.1 Å². The number of nitrogens with one attached hydrogen (secondary N) is 2. The molecule has 1 heterocycles. The van der Waals surface area contributed by atoms with E-state index in [0.29, 0.717) is 10.6 Å². The summed E-state index contributed by atoms with van der Waals surface area (Å²) in [6.07, 6.45) is 0.801. The molecule has 0 aliphatic heterocycles. The van der Waals surface area contributed by atoms with Crippen molar-refractivity contribution in [2.24, 2.45) is 0 Å². The maximum absolute atomic E-state index is 12.7. The highest BCUT2D eigenvalue weighted by Crippen LogP contribution is 2.21. The first-order valence-corrected chi connectivity index (χ1v) is 9.95. The van der Waals surface area contributed by atoms with E-state index >= 15 is 0 Å². The van der Waals surface area contributed by atoms with Crippen LogP contribution in [-0.4, -0.2) is 20.7 Å². The van der Waals surface area contributed by atoms with Crippen LogP contribution in [0.1, 0.15) is 30.5 Å². The third-order valence-electron chi connectivity index (χ3n) is 4.39. The SMILES string of the molecule is CC[C@H](NC(=O)Cn1c(-c2ccc(C)cc2)n[nH]c1=S)c1ccc(Br)cc1. The van der Waals surface area contributed by atoms with Gasteiger partial charge in [-0.1, -0.05) is 64.8 Å². The molecule has 2 aromatic carbocycles. The van der Waals surface area contributed by atoms with Crippen molar-refractivity contribution < 1.29 is 4.79 Å². The van der Waals surface area contributed by atoms with Crippen LogP contribution in [0, 0.1) is 11.7 Å². The second-order valence-electron chi connectivity index (χ2n) is 6.38. The average molecular weight is 445 g/mol. The number of carbonyl (C=O) groups excluding carboxylic acids is 1. The fourth-order valence-electron chi connectivity index (χ4n) is 2.89. The number of H-pyrrole nitrogens is 1. The van der Waals surface area contributed by atoms with Gasteiger partial charge in [-0.3, -0.25) is 14.5 Å². The second-order valence-corrected chi connectivity index (χ2v) is 7.69. The van der Waals surface area contributed by atoms with Crippen LogP contribution in [0.15, 0.2) is 53.0 Å². The number of amides is 1. The molecule has 0 saturated heterocycles. The molecule has 0 unspecified atom stereocenters. The van der Waals surface area contributed by atoms with Gasteiger partial charge in [0.2, 0.25) is 5.91 Å². The van der Waals surface area contributed by atoms with Gasteiger partial charge in [0.25, 0.3) is 0 Å². The number of hydrogen-bond acceptors (Lipinski definition) is 3. The highest BCUT2D eigenvalue weighted by atomic mass is 79.9. The summed E-state index contributed by atoms with van der Waals surface area (Å²) in [5.41, 5.74) is 3.15. The van der Waals surface area contributed by atoms with Crippen LogP contribution >= 0.6 is 28.1 Å². The molecule has 0 aliphatic rings. The summed E-state index contributed by atoms with van der Waals surface area (Å²) in [5, 5.41) is 10.2. The van der Waals surface area contributed by atoms with Gasteiger partial charge in [0.15, 0.2) is 10.6 Å². The van der Waals surface area contributed by atoms with Crippen LogP contribution in [0.2, 0.25) is 0 Å². The number of aromatic amines is 1. The summed E-state index contributed by atoms with van der Waals surface area (Å²) in [5.74, 6) is 0.558.